The summed E-state index contributed by atoms with van der Waals surface area (Å²) in [6.07, 6.45) is 1.12. The molecule has 0 atom stereocenters. The molecule has 1 amide bonds. The van der Waals surface area contributed by atoms with E-state index in [4.69, 9.17) is 5.11 Å². The van der Waals surface area contributed by atoms with Gasteiger partial charge in [-0.1, -0.05) is 6.92 Å². The minimum atomic E-state index is -1.01. The molecule has 0 fully saturated rings. The average molecular weight is 244 g/mol. The lowest BCUT2D eigenvalue weighted by Gasteiger charge is -2.34. The van der Waals surface area contributed by atoms with Crippen LogP contribution in [0.25, 0.3) is 0 Å². The number of carboxylic acids is 1. The zero-order valence-electron chi connectivity index (χ0n) is 11.2. The van der Waals surface area contributed by atoms with Crippen molar-refractivity contribution in [3.63, 3.8) is 0 Å². The Morgan fingerprint density at radius 1 is 1.29 bits per heavy atom. The fraction of sp³-hybridized carbons (Fsp3) is 0.833. The summed E-state index contributed by atoms with van der Waals surface area (Å²) in [5.41, 5.74) is 0.103. The van der Waals surface area contributed by atoms with Crippen LogP contribution in [0.4, 0.5) is 0 Å². The number of rotatable bonds is 7. The van der Waals surface area contributed by atoms with Crippen molar-refractivity contribution in [2.24, 2.45) is 0 Å². The highest BCUT2D eigenvalue weighted by Gasteiger charge is 2.18. The summed E-state index contributed by atoms with van der Waals surface area (Å²) in [4.78, 5) is 23.8. The van der Waals surface area contributed by atoms with E-state index in [2.05, 4.69) is 37.9 Å². The predicted molar refractivity (Wildman–Crippen MR) is 66.9 cm³/mol. The Morgan fingerprint density at radius 2 is 1.88 bits per heavy atom. The molecule has 0 rings (SSSR count). The number of aliphatic carboxylic acids is 1. The second kappa shape index (κ2) is 7.27. The molecular formula is C12H24N2O3. The lowest BCUT2D eigenvalue weighted by Crippen LogP contribution is -2.42. The second-order valence-corrected chi connectivity index (χ2v) is 5.02. The second-order valence-electron chi connectivity index (χ2n) is 5.02. The monoisotopic (exact) mass is 244 g/mol. The van der Waals surface area contributed by atoms with Gasteiger partial charge in [-0.15, -0.1) is 0 Å². The van der Waals surface area contributed by atoms with Gasteiger partial charge in [-0.2, -0.15) is 0 Å². The molecule has 0 aromatic heterocycles. The SMILES string of the molecule is CCN(CCCC(=O)NCC(=O)O)C(C)(C)C. The van der Waals surface area contributed by atoms with Gasteiger partial charge in [0, 0.05) is 12.0 Å². The van der Waals surface area contributed by atoms with E-state index in [1.165, 1.54) is 0 Å². The van der Waals surface area contributed by atoms with Gasteiger partial charge in [0.2, 0.25) is 5.91 Å². The van der Waals surface area contributed by atoms with Crippen LogP contribution >= 0.6 is 0 Å². The highest BCUT2D eigenvalue weighted by atomic mass is 16.4. The van der Waals surface area contributed by atoms with E-state index in [-0.39, 0.29) is 18.0 Å². The maximum absolute atomic E-state index is 11.3. The number of hydrogen-bond donors (Lipinski definition) is 2. The Morgan fingerprint density at radius 3 is 2.29 bits per heavy atom. The molecule has 0 aromatic carbocycles. The lowest BCUT2D eigenvalue weighted by atomic mass is 10.1. The third-order valence-electron chi connectivity index (χ3n) is 2.60. The quantitative estimate of drug-likeness (QED) is 0.703. The summed E-state index contributed by atoms with van der Waals surface area (Å²) in [6, 6.07) is 0. The first kappa shape index (κ1) is 15.9. The summed E-state index contributed by atoms with van der Waals surface area (Å²) in [5, 5.41) is 10.8. The zero-order valence-corrected chi connectivity index (χ0v) is 11.2. The van der Waals surface area contributed by atoms with E-state index < -0.39 is 5.97 Å². The van der Waals surface area contributed by atoms with Crippen molar-refractivity contribution in [3.8, 4) is 0 Å². The minimum absolute atomic E-state index is 0.103. The average Bonchev–Trinajstić information content (AvgIpc) is 2.19. The van der Waals surface area contributed by atoms with Crippen LogP contribution in [0.2, 0.25) is 0 Å². The third-order valence-corrected chi connectivity index (χ3v) is 2.60. The molecule has 100 valence electrons. The molecule has 17 heavy (non-hydrogen) atoms. The van der Waals surface area contributed by atoms with Crippen molar-refractivity contribution in [2.75, 3.05) is 19.6 Å². The Kier molecular flexibility index (Phi) is 6.80. The molecular weight excluding hydrogens is 220 g/mol. The topological polar surface area (TPSA) is 69.6 Å². The molecule has 0 aliphatic heterocycles. The van der Waals surface area contributed by atoms with E-state index >= 15 is 0 Å². The van der Waals surface area contributed by atoms with Gasteiger partial charge in [0.05, 0.1) is 0 Å². The van der Waals surface area contributed by atoms with Crippen LogP contribution in [0.1, 0.15) is 40.5 Å². The molecule has 0 aromatic rings. The van der Waals surface area contributed by atoms with Gasteiger partial charge in [-0.25, -0.2) is 0 Å². The summed E-state index contributed by atoms with van der Waals surface area (Å²) in [7, 11) is 0. The number of nitrogens with one attached hydrogen (secondary N) is 1. The van der Waals surface area contributed by atoms with E-state index in [1.54, 1.807) is 0 Å². The predicted octanol–water partition coefficient (Wildman–Crippen LogP) is 1.09. The maximum Gasteiger partial charge on any atom is 0.322 e. The van der Waals surface area contributed by atoms with Gasteiger partial charge < -0.3 is 10.4 Å². The van der Waals surface area contributed by atoms with Crippen molar-refractivity contribution in [1.29, 1.82) is 0 Å². The number of carbonyl (C=O) groups is 2. The highest BCUT2D eigenvalue weighted by molar-refractivity contribution is 5.80. The van der Waals surface area contributed by atoms with E-state index in [0.29, 0.717) is 6.42 Å². The first-order valence-electron chi connectivity index (χ1n) is 6.01. The number of carboxylic acid groups (broad SMARTS) is 1. The molecule has 5 nitrogen and oxygen atoms in total. The third kappa shape index (κ3) is 7.74. The van der Waals surface area contributed by atoms with Crippen molar-refractivity contribution < 1.29 is 14.7 Å². The van der Waals surface area contributed by atoms with E-state index in [1.807, 2.05) is 0 Å². The summed E-state index contributed by atoms with van der Waals surface area (Å²) in [6.45, 7) is 10.0. The van der Waals surface area contributed by atoms with Crippen LogP contribution in [0.3, 0.4) is 0 Å². The van der Waals surface area contributed by atoms with E-state index in [9.17, 15) is 9.59 Å². The molecule has 5 heteroatoms. The fourth-order valence-corrected chi connectivity index (χ4v) is 1.66. The standard InChI is InChI=1S/C12H24N2O3/c1-5-14(12(2,3)4)8-6-7-10(15)13-9-11(16)17/h5-9H2,1-4H3,(H,13,15)(H,16,17). The van der Waals surface area contributed by atoms with E-state index in [0.717, 1.165) is 19.5 Å². The van der Waals surface area contributed by atoms with Gasteiger partial charge in [0.1, 0.15) is 6.54 Å². The Labute approximate surface area is 103 Å². The van der Waals surface area contributed by atoms with Crippen LogP contribution in [-0.2, 0) is 9.59 Å². The van der Waals surface area contributed by atoms with Gasteiger partial charge in [-0.3, -0.25) is 14.5 Å². The number of amides is 1. The molecule has 0 aliphatic carbocycles. The maximum atomic E-state index is 11.3. The van der Waals surface area contributed by atoms with Crippen LogP contribution in [0.5, 0.6) is 0 Å². The molecule has 0 aliphatic rings. The van der Waals surface area contributed by atoms with Crippen LogP contribution in [0.15, 0.2) is 0 Å². The number of carbonyl (C=O) groups excluding carboxylic acids is 1. The molecule has 0 radical (unpaired) electrons. The fourth-order valence-electron chi connectivity index (χ4n) is 1.66. The van der Waals surface area contributed by atoms with Crippen molar-refractivity contribution in [2.45, 2.75) is 46.1 Å². The van der Waals surface area contributed by atoms with Crippen molar-refractivity contribution in [3.05, 3.63) is 0 Å². The minimum Gasteiger partial charge on any atom is -0.480 e. The summed E-state index contributed by atoms with van der Waals surface area (Å²) >= 11 is 0. The molecule has 0 unspecified atom stereocenters. The number of hydrogen-bond acceptors (Lipinski definition) is 3. The van der Waals surface area contributed by atoms with Gasteiger partial charge >= 0.3 is 5.97 Å². The van der Waals surface area contributed by atoms with Gasteiger partial charge in [0.25, 0.3) is 0 Å². The highest BCUT2D eigenvalue weighted by Crippen LogP contribution is 2.13. The molecule has 0 saturated carbocycles. The molecule has 0 saturated heterocycles. The van der Waals surface area contributed by atoms with Crippen molar-refractivity contribution >= 4 is 11.9 Å². The Hall–Kier alpha value is -1.10. The first-order valence-corrected chi connectivity index (χ1v) is 6.01. The normalized spacial score (nSPS) is 11.6. The smallest absolute Gasteiger partial charge is 0.322 e. The van der Waals surface area contributed by atoms with Crippen molar-refractivity contribution in [1.82, 2.24) is 10.2 Å². The molecule has 0 spiro atoms. The van der Waals surface area contributed by atoms with Crippen LogP contribution in [-0.4, -0.2) is 47.1 Å². The largest absolute Gasteiger partial charge is 0.480 e. The Bertz CT molecular complexity index is 259. The molecule has 0 heterocycles. The molecule has 0 bridgehead atoms. The van der Waals surface area contributed by atoms with Gasteiger partial charge in [0.15, 0.2) is 0 Å². The van der Waals surface area contributed by atoms with Gasteiger partial charge in [-0.05, 0) is 40.3 Å². The number of nitrogens with zero attached hydrogens (tertiary/aromatic N) is 1. The summed E-state index contributed by atoms with van der Waals surface area (Å²) < 4.78 is 0. The zero-order chi connectivity index (χ0) is 13.5. The first-order chi connectivity index (χ1) is 7.77. The Balaban J connectivity index is 3.82. The summed E-state index contributed by atoms with van der Waals surface area (Å²) in [5.74, 6) is -1.21. The lowest BCUT2D eigenvalue weighted by molar-refractivity contribution is -0.137. The molecule has 2 N–H and O–H groups in total. The van der Waals surface area contributed by atoms with Crippen LogP contribution in [0, 0.1) is 0 Å². The van der Waals surface area contributed by atoms with Crippen LogP contribution < -0.4 is 5.32 Å².